The summed E-state index contributed by atoms with van der Waals surface area (Å²) in [6.07, 6.45) is 3.83. The number of rotatable bonds is 7. The van der Waals surface area contributed by atoms with E-state index in [9.17, 15) is 4.79 Å². The van der Waals surface area contributed by atoms with Crippen molar-refractivity contribution in [1.29, 1.82) is 0 Å². The van der Waals surface area contributed by atoms with Gasteiger partial charge in [-0.25, -0.2) is 0 Å². The first kappa shape index (κ1) is 17.6. The second-order valence-electron chi connectivity index (χ2n) is 5.87. The van der Waals surface area contributed by atoms with Crippen LogP contribution in [0.15, 0.2) is 18.2 Å². The van der Waals surface area contributed by atoms with Gasteiger partial charge in [-0.1, -0.05) is 6.07 Å². The molecule has 1 aromatic carbocycles. The van der Waals surface area contributed by atoms with E-state index in [1.807, 2.05) is 25.1 Å². The lowest BCUT2D eigenvalue weighted by Gasteiger charge is -2.28. The number of hydrogen-bond acceptors (Lipinski definition) is 5. The van der Waals surface area contributed by atoms with Crippen LogP contribution in [-0.4, -0.2) is 32.8 Å². The highest BCUT2D eigenvalue weighted by molar-refractivity contribution is 5.72. The molecule has 0 aliphatic heterocycles. The highest BCUT2D eigenvalue weighted by Gasteiger charge is 2.26. The van der Waals surface area contributed by atoms with Crippen molar-refractivity contribution in [1.82, 2.24) is 5.32 Å². The van der Waals surface area contributed by atoms with Crippen LogP contribution in [0.25, 0.3) is 0 Å². The van der Waals surface area contributed by atoms with Crippen molar-refractivity contribution in [2.24, 2.45) is 5.92 Å². The molecule has 23 heavy (non-hydrogen) atoms. The summed E-state index contributed by atoms with van der Waals surface area (Å²) < 4.78 is 15.7. The molecule has 0 atom stereocenters. The Labute approximate surface area is 138 Å². The minimum Gasteiger partial charge on any atom is -0.493 e. The molecule has 0 spiro atoms. The van der Waals surface area contributed by atoms with Gasteiger partial charge >= 0.3 is 5.97 Å². The van der Waals surface area contributed by atoms with Gasteiger partial charge in [0, 0.05) is 12.6 Å². The Hall–Kier alpha value is -1.75. The molecule has 1 N–H and O–H groups in total. The van der Waals surface area contributed by atoms with Crippen LogP contribution in [0, 0.1) is 5.92 Å². The average Bonchev–Trinajstić information content (AvgIpc) is 2.60. The van der Waals surface area contributed by atoms with E-state index in [2.05, 4.69) is 5.32 Å². The number of nitrogens with one attached hydrogen (secondary N) is 1. The fourth-order valence-electron chi connectivity index (χ4n) is 3.05. The molecule has 1 saturated carbocycles. The lowest BCUT2D eigenvalue weighted by Crippen LogP contribution is -2.35. The molecule has 5 nitrogen and oxygen atoms in total. The monoisotopic (exact) mass is 321 g/mol. The molecule has 5 heteroatoms. The second kappa shape index (κ2) is 8.77. The summed E-state index contributed by atoms with van der Waals surface area (Å²) in [5.41, 5.74) is 1.16. The molecule has 0 radical (unpaired) electrons. The maximum atomic E-state index is 11.7. The standard InChI is InChI=1S/C18H27NO4/c1-4-23-18(20)14-6-8-15(9-7-14)19-12-13-5-10-16(21-2)17(11-13)22-3/h5,10-11,14-15,19H,4,6-9,12H2,1-3H3. The number of hydrogen-bond donors (Lipinski definition) is 1. The zero-order valence-corrected chi connectivity index (χ0v) is 14.3. The molecule has 1 fully saturated rings. The fraction of sp³-hybridized carbons (Fsp3) is 0.611. The van der Waals surface area contributed by atoms with Crippen LogP contribution in [-0.2, 0) is 16.1 Å². The predicted octanol–water partition coefficient (Wildman–Crippen LogP) is 2.92. The van der Waals surface area contributed by atoms with Crippen LogP contribution in [0.2, 0.25) is 0 Å². The molecule has 0 bridgehead atoms. The summed E-state index contributed by atoms with van der Waals surface area (Å²) in [4.78, 5) is 11.7. The molecule has 0 heterocycles. The SMILES string of the molecule is CCOC(=O)C1CCC(NCc2ccc(OC)c(OC)c2)CC1. The lowest BCUT2D eigenvalue weighted by atomic mass is 9.86. The van der Waals surface area contributed by atoms with Crippen molar-refractivity contribution in [3.63, 3.8) is 0 Å². The number of ether oxygens (including phenoxy) is 3. The number of methoxy groups -OCH3 is 2. The van der Waals surface area contributed by atoms with E-state index >= 15 is 0 Å². The molecule has 1 aliphatic carbocycles. The minimum absolute atomic E-state index is 0.0363. The smallest absolute Gasteiger partial charge is 0.308 e. The number of benzene rings is 1. The van der Waals surface area contributed by atoms with Gasteiger partial charge in [-0.15, -0.1) is 0 Å². The van der Waals surface area contributed by atoms with Crippen LogP contribution in [0.5, 0.6) is 11.5 Å². The lowest BCUT2D eigenvalue weighted by molar-refractivity contribution is -0.149. The van der Waals surface area contributed by atoms with Crippen LogP contribution < -0.4 is 14.8 Å². The molecule has 0 unspecified atom stereocenters. The van der Waals surface area contributed by atoms with E-state index in [0.717, 1.165) is 49.3 Å². The molecular formula is C18H27NO4. The van der Waals surface area contributed by atoms with E-state index in [0.29, 0.717) is 12.6 Å². The van der Waals surface area contributed by atoms with Gasteiger partial charge < -0.3 is 19.5 Å². The maximum absolute atomic E-state index is 11.7. The Kier molecular flexibility index (Phi) is 6.71. The summed E-state index contributed by atoms with van der Waals surface area (Å²) in [5, 5.41) is 3.57. The van der Waals surface area contributed by atoms with Gasteiger partial charge in [0.2, 0.25) is 0 Å². The summed E-state index contributed by atoms with van der Waals surface area (Å²) >= 11 is 0. The van der Waals surface area contributed by atoms with Crippen molar-refractivity contribution in [3.8, 4) is 11.5 Å². The second-order valence-corrected chi connectivity index (χ2v) is 5.87. The third kappa shape index (κ3) is 4.86. The van der Waals surface area contributed by atoms with Crippen molar-refractivity contribution in [3.05, 3.63) is 23.8 Å². The van der Waals surface area contributed by atoms with Crippen LogP contribution >= 0.6 is 0 Å². The van der Waals surface area contributed by atoms with Gasteiger partial charge in [0.1, 0.15) is 0 Å². The number of carbonyl (C=O) groups excluding carboxylic acids is 1. The maximum Gasteiger partial charge on any atom is 0.308 e. The van der Waals surface area contributed by atoms with Crippen LogP contribution in [0.3, 0.4) is 0 Å². The first-order chi connectivity index (χ1) is 11.2. The average molecular weight is 321 g/mol. The largest absolute Gasteiger partial charge is 0.493 e. The first-order valence-corrected chi connectivity index (χ1v) is 8.28. The van der Waals surface area contributed by atoms with Gasteiger partial charge in [-0.2, -0.15) is 0 Å². The molecule has 0 saturated heterocycles. The van der Waals surface area contributed by atoms with Crippen molar-refractivity contribution < 1.29 is 19.0 Å². The van der Waals surface area contributed by atoms with Crippen LogP contribution in [0.4, 0.5) is 0 Å². The Morgan fingerprint density at radius 3 is 2.43 bits per heavy atom. The van der Waals surface area contributed by atoms with E-state index in [1.54, 1.807) is 14.2 Å². The minimum atomic E-state index is -0.0363. The third-order valence-corrected chi connectivity index (χ3v) is 4.39. The number of esters is 1. The van der Waals surface area contributed by atoms with Crippen LogP contribution in [0.1, 0.15) is 38.2 Å². The summed E-state index contributed by atoms with van der Waals surface area (Å²) in [5.74, 6) is 1.53. The summed E-state index contributed by atoms with van der Waals surface area (Å²) in [6, 6.07) is 6.41. The Balaban J connectivity index is 1.80. The molecule has 128 valence electrons. The Morgan fingerprint density at radius 1 is 1.13 bits per heavy atom. The van der Waals surface area contributed by atoms with Crippen molar-refractivity contribution >= 4 is 5.97 Å². The summed E-state index contributed by atoms with van der Waals surface area (Å²) in [6.45, 7) is 3.11. The normalized spacial score (nSPS) is 20.8. The van der Waals surface area contributed by atoms with E-state index < -0.39 is 0 Å². The van der Waals surface area contributed by atoms with E-state index in [-0.39, 0.29) is 11.9 Å². The zero-order valence-electron chi connectivity index (χ0n) is 14.3. The van der Waals surface area contributed by atoms with Gasteiger partial charge in [0.15, 0.2) is 11.5 Å². The fourth-order valence-corrected chi connectivity index (χ4v) is 3.05. The zero-order chi connectivity index (χ0) is 16.7. The quantitative estimate of drug-likeness (QED) is 0.783. The Morgan fingerprint density at radius 2 is 1.83 bits per heavy atom. The highest BCUT2D eigenvalue weighted by Crippen LogP contribution is 2.28. The molecular weight excluding hydrogens is 294 g/mol. The van der Waals surface area contributed by atoms with Crippen molar-refractivity contribution in [2.75, 3.05) is 20.8 Å². The topological polar surface area (TPSA) is 56.8 Å². The van der Waals surface area contributed by atoms with Gasteiger partial charge in [0.25, 0.3) is 0 Å². The van der Waals surface area contributed by atoms with Gasteiger partial charge in [0.05, 0.1) is 26.7 Å². The Bertz CT molecular complexity index is 510. The molecule has 1 aliphatic rings. The van der Waals surface area contributed by atoms with E-state index in [4.69, 9.17) is 14.2 Å². The molecule has 1 aromatic rings. The molecule has 0 amide bonds. The van der Waals surface area contributed by atoms with Gasteiger partial charge in [-0.3, -0.25) is 4.79 Å². The van der Waals surface area contributed by atoms with Gasteiger partial charge in [-0.05, 0) is 50.3 Å². The first-order valence-electron chi connectivity index (χ1n) is 8.28. The van der Waals surface area contributed by atoms with E-state index in [1.165, 1.54) is 0 Å². The van der Waals surface area contributed by atoms with Crippen molar-refractivity contribution in [2.45, 2.75) is 45.2 Å². The third-order valence-electron chi connectivity index (χ3n) is 4.39. The number of carbonyl (C=O) groups is 1. The highest BCUT2D eigenvalue weighted by atomic mass is 16.5. The molecule has 2 rings (SSSR count). The predicted molar refractivity (Wildman–Crippen MR) is 88.8 cm³/mol. The molecule has 0 aromatic heterocycles. The summed E-state index contributed by atoms with van der Waals surface area (Å²) in [7, 11) is 3.28.